The first kappa shape index (κ1) is 68.9. The molecule has 12 N–H and O–H groups in total. The molecule has 0 saturated carbocycles. The molecule has 87 heavy (non-hydrogen) atoms. The number of aromatic nitrogens is 4. The van der Waals surface area contributed by atoms with Gasteiger partial charge < -0.3 is 89.5 Å². The number of carbonyl (C=O) groups excluding carboxylic acids is 3. The molecule has 0 radical (unpaired) electrons. The molecule has 5 aliphatic rings. The van der Waals surface area contributed by atoms with Crippen molar-refractivity contribution in [3.05, 3.63) is 75.4 Å². The minimum atomic E-state index is -1.59. The van der Waals surface area contributed by atoms with Crippen molar-refractivity contribution in [1.82, 2.24) is 19.9 Å². The van der Waals surface area contributed by atoms with Crippen molar-refractivity contribution in [2.24, 2.45) is 0 Å². The van der Waals surface area contributed by atoms with Crippen LogP contribution in [0, 0.1) is 13.8 Å². The number of aryl methyl sites for hydroxylation is 3. The Bertz CT molecular complexity index is 3100. The van der Waals surface area contributed by atoms with Crippen LogP contribution in [-0.2, 0) is 55.6 Å². The lowest BCUT2D eigenvalue weighted by atomic mass is 9.84. The predicted octanol–water partition coefficient (Wildman–Crippen LogP) is 3.74. The summed E-state index contributed by atoms with van der Waals surface area (Å²) < 4.78 is 34.2. The number of H-pyrrole nitrogens is 2. The minimum Gasteiger partial charge on any atom is -0.394 e. The lowest BCUT2D eigenvalue weighted by molar-refractivity contribution is -0.300. The fraction of sp³-hybridized carbons (Fsp3) is 0.623. The Morgan fingerprint density at radius 1 is 0.667 bits per heavy atom. The quantitative estimate of drug-likeness (QED) is 0.0509. The zero-order valence-electron chi connectivity index (χ0n) is 49.7. The van der Waals surface area contributed by atoms with Crippen LogP contribution in [0.5, 0.6) is 0 Å². The molecule has 8 heterocycles. The third-order valence-corrected chi connectivity index (χ3v) is 19.6. The molecule has 3 aromatic rings. The van der Waals surface area contributed by atoms with E-state index < -0.39 is 106 Å². The fourth-order valence-corrected chi connectivity index (χ4v) is 13.9. The maximum Gasteiger partial charge on any atom is 0.221 e. The van der Waals surface area contributed by atoms with E-state index >= 15 is 4.79 Å². The molecule has 23 nitrogen and oxygen atoms in total. The first-order valence-electron chi connectivity index (χ1n) is 29.7. The lowest BCUT2D eigenvalue weighted by Crippen LogP contribution is -2.59. The second-order valence-corrected chi connectivity index (χ2v) is 25.9. The Hall–Kier alpha value is -3.98. The van der Waals surface area contributed by atoms with Gasteiger partial charge >= 0.3 is 0 Å². The largest absolute Gasteiger partial charge is 0.394 e. The normalized spacial score (nSPS) is 28.5. The van der Waals surface area contributed by atoms with Gasteiger partial charge in [-0.3, -0.25) is 19.4 Å². The highest BCUT2D eigenvalue weighted by molar-refractivity contribution is 8.14. The Kier molecular flexibility index (Phi) is 25.2. The van der Waals surface area contributed by atoms with Crippen molar-refractivity contribution in [3.8, 4) is 0 Å². The van der Waals surface area contributed by atoms with Crippen LogP contribution in [0.3, 0.4) is 0 Å². The van der Waals surface area contributed by atoms with Gasteiger partial charge in [0.1, 0.15) is 48.8 Å². The molecule has 0 aromatic carbocycles. The highest BCUT2D eigenvalue weighted by Crippen LogP contribution is 2.45. The number of nitrogens with zero attached hydrogens (tertiary/aromatic N) is 2. The smallest absolute Gasteiger partial charge is 0.221 e. The van der Waals surface area contributed by atoms with Gasteiger partial charge in [-0.25, -0.2) is 4.98 Å². The van der Waals surface area contributed by atoms with Crippen molar-refractivity contribution in [2.45, 2.75) is 184 Å². The summed E-state index contributed by atoms with van der Waals surface area (Å²) in [5, 5.41) is 100. The van der Waals surface area contributed by atoms with Crippen molar-refractivity contribution >= 4 is 89.9 Å². The minimum absolute atomic E-state index is 0.00653. The molecule has 26 heteroatoms. The monoisotopic (exact) mass is 1270 g/mol. The topological polar surface area (TPSA) is 366 Å². The van der Waals surface area contributed by atoms with E-state index in [1.807, 2.05) is 39.0 Å². The number of carbonyl (C=O) groups is 3. The summed E-state index contributed by atoms with van der Waals surface area (Å²) >= 11 is 3.21. The standard InChI is InChI=1S/C61H84N4O19S3/c1-7-33-29(3)37-21-39-31(5)35(12-13-48(71)85-17-11-16-81-61-59(77)58(76)57(75)47(28-68)84-61)53(64-39)36(20-49(72)86-18-9-14-79-50-24-43(69)55(73)45(26-66)82-50)54-52(60(78)87-19-10-15-80-51-25-44(70)56(74)46(27-67)83-51)32(6)40(65-54)23-42-34(8-2)30(4)38(63-42)22-41(33)62-37/h7,21-23,31,35,43-47,50-51,55-59,61-63,66-70,73-77H,1,8-20,24-28H2,2-6H3/t31-,35-,43+,44+,45+,46+,47+,50+,51+,55-,56-,57+,58-,59+,61+/m0/s1. The second-order valence-electron chi connectivity index (χ2n) is 22.5. The number of hydrogen-bond acceptors (Lipinski definition) is 24. The predicted molar refractivity (Wildman–Crippen MR) is 329 cm³/mol. The fourth-order valence-electron chi connectivity index (χ4n) is 11.6. The first-order chi connectivity index (χ1) is 41.7. The van der Waals surface area contributed by atoms with Crippen LogP contribution in [0.15, 0.2) is 24.8 Å². The summed E-state index contributed by atoms with van der Waals surface area (Å²) in [7, 11) is 0. The summed E-state index contributed by atoms with van der Waals surface area (Å²) in [5.41, 5.74) is 10.4. The number of ether oxygens (including phenoxy) is 6. The van der Waals surface area contributed by atoms with E-state index in [4.69, 9.17) is 38.4 Å². The molecule has 3 fully saturated rings. The second kappa shape index (κ2) is 31.8. The van der Waals surface area contributed by atoms with Gasteiger partial charge in [-0.1, -0.05) is 61.8 Å². The molecular formula is C61H84N4O19S3. The molecule has 8 rings (SSSR count). The Morgan fingerprint density at radius 3 is 1.83 bits per heavy atom. The number of thioether (sulfide) groups is 3. The maximum atomic E-state index is 15.1. The molecule has 3 aromatic heterocycles. The van der Waals surface area contributed by atoms with Gasteiger partial charge in [0.2, 0.25) is 5.12 Å². The number of hydrogen-bond donors (Lipinski definition) is 12. The van der Waals surface area contributed by atoms with Crippen LogP contribution in [0.2, 0.25) is 0 Å². The SMILES string of the molecule is C=Cc1c(C)c2cc3nc(c(CC(=O)SCCCO[C@H]4C[C@@H](O)[C@H](O)[C@@H](CO)O4)c4nc(cc5[nH]c(cc1[nH]2)c(C)c5CC)C(C)=C4C(=O)SCCCO[C@H]1C[C@@H](O)[C@H](O)[C@@H](CO)O1)[C@@H](CCC(=O)SCCCO[C@@H]1O[C@H](CO)[C@@H](O)[C@H](O)[C@H]1O)[C@@H]3C. The van der Waals surface area contributed by atoms with Crippen LogP contribution >= 0.6 is 35.3 Å². The molecule has 3 saturated heterocycles. The number of aliphatic hydroxyl groups excluding tert-OH is 10. The summed E-state index contributed by atoms with van der Waals surface area (Å²) in [6.45, 7) is 12.8. The Labute approximate surface area is 517 Å². The summed E-state index contributed by atoms with van der Waals surface area (Å²) in [5.74, 6) is 0.119. The Morgan fingerprint density at radius 2 is 1.23 bits per heavy atom. The molecule has 480 valence electrons. The number of nitrogens with one attached hydrogen (secondary N) is 2. The molecular weight excluding hydrogens is 1190 g/mol. The van der Waals surface area contributed by atoms with Crippen LogP contribution in [0.4, 0.5) is 0 Å². The van der Waals surface area contributed by atoms with Gasteiger partial charge in [-0.05, 0) is 93.3 Å². The van der Waals surface area contributed by atoms with E-state index in [-0.39, 0.29) is 83.8 Å². The zero-order chi connectivity index (χ0) is 62.8. The van der Waals surface area contributed by atoms with Crippen LogP contribution in [0.25, 0.3) is 39.3 Å². The molecule has 15 atom stereocenters. The van der Waals surface area contributed by atoms with Crippen molar-refractivity contribution in [2.75, 3.05) is 56.9 Å². The van der Waals surface area contributed by atoms with Gasteiger partial charge in [0.05, 0.1) is 74.5 Å². The van der Waals surface area contributed by atoms with Crippen molar-refractivity contribution < 1.29 is 93.9 Å². The molecule has 0 spiro atoms. The number of aromatic amines is 2. The zero-order valence-corrected chi connectivity index (χ0v) is 52.1. The number of aliphatic hydroxyl groups is 10. The van der Waals surface area contributed by atoms with Gasteiger partial charge in [0.25, 0.3) is 0 Å². The molecule has 0 unspecified atom stereocenters. The number of rotatable bonds is 26. The van der Waals surface area contributed by atoms with E-state index in [0.717, 1.165) is 79.6 Å². The molecule has 8 bridgehead atoms. The van der Waals surface area contributed by atoms with Gasteiger partial charge in [-0.15, -0.1) is 0 Å². The first-order valence-corrected chi connectivity index (χ1v) is 32.7. The van der Waals surface area contributed by atoms with Gasteiger partial charge in [-0.2, -0.15) is 0 Å². The molecule has 5 aliphatic heterocycles. The molecule has 0 aliphatic carbocycles. The summed E-state index contributed by atoms with van der Waals surface area (Å²) in [6, 6.07) is 5.97. The average Bonchev–Trinajstić information content (AvgIpc) is 3.25. The third kappa shape index (κ3) is 16.4. The van der Waals surface area contributed by atoms with Gasteiger partial charge in [0.15, 0.2) is 29.1 Å². The van der Waals surface area contributed by atoms with E-state index in [1.165, 1.54) is 0 Å². The third-order valence-electron chi connectivity index (χ3n) is 16.7. The molecule has 0 amide bonds. The van der Waals surface area contributed by atoms with Crippen LogP contribution in [0.1, 0.15) is 128 Å². The summed E-state index contributed by atoms with van der Waals surface area (Å²) in [6.07, 6.45) is -12.0. The van der Waals surface area contributed by atoms with Crippen LogP contribution < -0.4 is 0 Å². The highest BCUT2D eigenvalue weighted by Gasteiger charge is 2.44. The van der Waals surface area contributed by atoms with Crippen molar-refractivity contribution in [1.29, 1.82) is 0 Å². The van der Waals surface area contributed by atoms with E-state index in [0.29, 0.717) is 71.8 Å². The van der Waals surface area contributed by atoms with E-state index in [2.05, 4.69) is 36.5 Å². The van der Waals surface area contributed by atoms with E-state index in [1.54, 1.807) is 0 Å². The number of fused-ring (bicyclic) bond motifs is 8. The van der Waals surface area contributed by atoms with Crippen LogP contribution in [-0.4, -0.2) is 223 Å². The van der Waals surface area contributed by atoms with Gasteiger partial charge in [0, 0.05) is 93.7 Å². The maximum absolute atomic E-state index is 15.1. The Balaban J connectivity index is 1.14. The highest BCUT2D eigenvalue weighted by atomic mass is 32.2. The number of allylic oxidation sites excluding steroid dienone is 1. The summed E-state index contributed by atoms with van der Waals surface area (Å²) in [4.78, 5) is 61.7. The van der Waals surface area contributed by atoms with Crippen molar-refractivity contribution in [3.63, 3.8) is 0 Å². The van der Waals surface area contributed by atoms with E-state index in [9.17, 15) is 60.7 Å². The lowest BCUT2D eigenvalue weighted by Gasteiger charge is -2.39. The average molecular weight is 1270 g/mol.